The van der Waals surface area contributed by atoms with Gasteiger partial charge in [-0.3, -0.25) is 4.98 Å². The summed E-state index contributed by atoms with van der Waals surface area (Å²) in [4.78, 5) is 4.14. The quantitative estimate of drug-likeness (QED) is 0.636. The van der Waals surface area contributed by atoms with Gasteiger partial charge < -0.3 is 27.2 Å². The Morgan fingerprint density at radius 2 is 1.74 bits per heavy atom. The number of rotatable bonds is 8. The highest BCUT2D eigenvalue weighted by Gasteiger charge is 2.11. The molecule has 0 atom stereocenters. The van der Waals surface area contributed by atoms with Crippen molar-refractivity contribution in [3.8, 4) is 11.5 Å². The maximum Gasteiger partial charge on any atom is 0.166 e. The Labute approximate surface area is 167 Å². The number of aryl methyl sites for hydroxylation is 1. The van der Waals surface area contributed by atoms with Crippen molar-refractivity contribution < 1.29 is 21.9 Å². The maximum atomic E-state index is 6.11. The molecule has 0 bridgehead atoms. The van der Waals surface area contributed by atoms with E-state index in [1.165, 1.54) is 5.56 Å². The third kappa shape index (κ3) is 5.98. The smallest absolute Gasteiger partial charge is 0.166 e. The molecule has 142 valence electrons. The Kier molecular flexibility index (Phi) is 8.11. The number of methoxy groups -OCH3 is 1. The summed E-state index contributed by atoms with van der Waals surface area (Å²) in [5.74, 6) is 1.53. The van der Waals surface area contributed by atoms with Crippen LogP contribution in [0.25, 0.3) is 0 Å². The summed E-state index contributed by atoms with van der Waals surface area (Å²) in [5.41, 5.74) is 4.60. The number of pyridine rings is 1. The van der Waals surface area contributed by atoms with Crippen molar-refractivity contribution in [3.05, 3.63) is 89.2 Å². The fourth-order valence-corrected chi connectivity index (χ4v) is 2.71. The molecule has 5 heteroatoms. The predicted octanol–water partition coefficient (Wildman–Crippen LogP) is 1.27. The molecular weight excluding hydrogens is 360 g/mol. The Bertz CT molecular complexity index is 823. The van der Waals surface area contributed by atoms with Crippen LogP contribution < -0.4 is 27.2 Å². The van der Waals surface area contributed by atoms with Crippen LogP contribution in [0.5, 0.6) is 11.5 Å². The number of hydrogen-bond acceptors (Lipinski definition) is 4. The number of ether oxygens (including phenoxy) is 2. The number of halogens is 1. The average molecular weight is 384 g/mol. The van der Waals surface area contributed by atoms with Crippen molar-refractivity contribution >= 4 is 0 Å². The van der Waals surface area contributed by atoms with Crippen molar-refractivity contribution in [2.75, 3.05) is 7.11 Å². The summed E-state index contributed by atoms with van der Waals surface area (Å²) >= 11 is 0. The number of hydrogen-bond donors (Lipinski definition) is 1. The van der Waals surface area contributed by atoms with Crippen LogP contribution in [0, 0.1) is 6.92 Å². The molecule has 3 rings (SSSR count). The highest BCUT2D eigenvalue weighted by Crippen LogP contribution is 2.31. The van der Waals surface area contributed by atoms with Gasteiger partial charge in [0.05, 0.1) is 7.11 Å². The summed E-state index contributed by atoms with van der Waals surface area (Å²) in [5, 5.41) is 3.44. The van der Waals surface area contributed by atoms with Crippen LogP contribution in [0.15, 0.2) is 67.0 Å². The number of aromatic nitrogens is 1. The van der Waals surface area contributed by atoms with Crippen LogP contribution in [0.4, 0.5) is 0 Å². The lowest BCUT2D eigenvalue weighted by Crippen LogP contribution is -3.00. The molecule has 0 spiro atoms. The monoisotopic (exact) mass is 383 g/mol. The van der Waals surface area contributed by atoms with Crippen molar-refractivity contribution in [1.29, 1.82) is 0 Å². The van der Waals surface area contributed by atoms with E-state index in [0.717, 1.165) is 34.7 Å². The van der Waals surface area contributed by atoms with E-state index in [4.69, 9.17) is 9.47 Å². The van der Waals surface area contributed by atoms with Gasteiger partial charge in [0.15, 0.2) is 11.5 Å². The third-order valence-electron chi connectivity index (χ3n) is 4.15. The number of benzene rings is 2. The van der Waals surface area contributed by atoms with E-state index in [1.54, 1.807) is 13.3 Å². The second kappa shape index (κ2) is 10.6. The zero-order valence-electron chi connectivity index (χ0n) is 15.6. The summed E-state index contributed by atoms with van der Waals surface area (Å²) in [6, 6.07) is 18.3. The molecule has 1 heterocycles. The lowest BCUT2D eigenvalue weighted by Gasteiger charge is -2.16. The normalized spacial score (nSPS) is 10.1. The van der Waals surface area contributed by atoms with Crippen LogP contribution in [-0.2, 0) is 19.7 Å². The van der Waals surface area contributed by atoms with E-state index in [2.05, 4.69) is 53.6 Å². The molecule has 0 unspecified atom stereocenters. The Morgan fingerprint density at radius 3 is 2.44 bits per heavy atom. The van der Waals surface area contributed by atoms with E-state index in [1.807, 2.05) is 24.4 Å². The second-order valence-electron chi connectivity index (χ2n) is 6.19. The van der Waals surface area contributed by atoms with Crippen molar-refractivity contribution in [2.45, 2.75) is 26.6 Å². The van der Waals surface area contributed by atoms with Crippen LogP contribution in [0.1, 0.15) is 22.3 Å². The molecule has 3 aromatic rings. The highest BCUT2D eigenvalue weighted by molar-refractivity contribution is 5.46. The zero-order chi connectivity index (χ0) is 18.2. The first-order valence-corrected chi connectivity index (χ1v) is 8.70. The molecule has 0 radical (unpaired) electrons. The Morgan fingerprint density at radius 1 is 0.926 bits per heavy atom. The van der Waals surface area contributed by atoms with E-state index in [0.29, 0.717) is 13.2 Å². The standard InChI is InChI=1S/C22H24N2O2.ClH/c1-17-8-10-18(11-9-17)16-26-22-20(6-3-7-21(22)25-2)15-24-14-19-5-4-12-23-13-19;/h3-13,24H,14-16H2,1-2H3;1H/p-1. The molecule has 0 fully saturated rings. The summed E-state index contributed by atoms with van der Waals surface area (Å²) in [7, 11) is 1.67. The fourth-order valence-electron chi connectivity index (χ4n) is 2.71. The molecule has 0 aliphatic rings. The number of nitrogens with one attached hydrogen (secondary N) is 1. The average Bonchev–Trinajstić information content (AvgIpc) is 2.69. The van der Waals surface area contributed by atoms with Crippen molar-refractivity contribution in [3.63, 3.8) is 0 Å². The maximum absolute atomic E-state index is 6.11. The van der Waals surface area contributed by atoms with E-state index in [9.17, 15) is 0 Å². The first-order valence-electron chi connectivity index (χ1n) is 8.70. The summed E-state index contributed by atoms with van der Waals surface area (Å²) in [6.07, 6.45) is 3.65. The highest BCUT2D eigenvalue weighted by atomic mass is 35.5. The Hall–Kier alpha value is -2.56. The Balaban J connectivity index is 0.00000261. The van der Waals surface area contributed by atoms with Crippen LogP contribution in [0.3, 0.4) is 0 Å². The van der Waals surface area contributed by atoms with Crippen LogP contribution in [-0.4, -0.2) is 12.1 Å². The van der Waals surface area contributed by atoms with Crippen molar-refractivity contribution in [2.24, 2.45) is 0 Å². The van der Waals surface area contributed by atoms with Gasteiger partial charge in [-0.15, -0.1) is 0 Å². The molecule has 0 aliphatic carbocycles. The topological polar surface area (TPSA) is 43.4 Å². The molecule has 0 saturated carbocycles. The van der Waals surface area contributed by atoms with E-state index >= 15 is 0 Å². The molecule has 1 N–H and O–H groups in total. The minimum absolute atomic E-state index is 0. The molecule has 27 heavy (non-hydrogen) atoms. The van der Waals surface area contributed by atoms with Gasteiger partial charge in [-0.2, -0.15) is 0 Å². The van der Waals surface area contributed by atoms with Gasteiger partial charge in [0, 0.05) is 31.0 Å². The first-order chi connectivity index (χ1) is 12.8. The van der Waals surface area contributed by atoms with Gasteiger partial charge in [-0.25, -0.2) is 0 Å². The largest absolute Gasteiger partial charge is 1.00 e. The second-order valence-corrected chi connectivity index (χ2v) is 6.19. The van der Waals surface area contributed by atoms with E-state index in [-0.39, 0.29) is 12.4 Å². The number of para-hydroxylation sites is 1. The van der Waals surface area contributed by atoms with E-state index < -0.39 is 0 Å². The lowest BCUT2D eigenvalue weighted by atomic mass is 10.1. The predicted molar refractivity (Wildman–Crippen MR) is 103 cm³/mol. The van der Waals surface area contributed by atoms with Gasteiger partial charge in [-0.05, 0) is 30.2 Å². The van der Waals surface area contributed by atoms with Gasteiger partial charge in [0.25, 0.3) is 0 Å². The SMILES string of the molecule is COc1cccc(CNCc2cccnc2)c1OCc1ccc(C)cc1.[Cl-]. The molecule has 0 aliphatic heterocycles. The van der Waals surface area contributed by atoms with Gasteiger partial charge in [0.2, 0.25) is 0 Å². The van der Waals surface area contributed by atoms with Gasteiger partial charge >= 0.3 is 0 Å². The molecular formula is C22H24ClN2O2-. The molecule has 2 aromatic carbocycles. The minimum atomic E-state index is 0. The fraction of sp³-hybridized carbons (Fsp3) is 0.227. The van der Waals surface area contributed by atoms with Crippen LogP contribution in [0.2, 0.25) is 0 Å². The summed E-state index contributed by atoms with van der Waals surface area (Å²) in [6.45, 7) is 4.03. The van der Waals surface area contributed by atoms with Gasteiger partial charge in [0.1, 0.15) is 6.61 Å². The molecule has 0 amide bonds. The summed E-state index contributed by atoms with van der Waals surface area (Å²) < 4.78 is 11.6. The lowest BCUT2D eigenvalue weighted by molar-refractivity contribution is -0.00000595. The minimum Gasteiger partial charge on any atom is -1.00 e. The number of nitrogens with zero attached hydrogens (tertiary/aromatic N) is 1. The van der Waals surface area contributed by atoms with Gasteiger partial charge in [-0.1, -0.05) is 48.0 Å². The molecule has 1 aromatic heterocycles. The zero-order valence-corrected chi connectivity index (χ0v) is 16.4. The molecule has 0 saturated heterocycles. The third-order valence-corrected chi connectivity index (χ3v) is 4.15. The first kappa shape index (κ1) is 20.7. The van der Waals surface area contributed by atoms with Crippen LogP contribution >= 0.6 is 0 Å². The van der Waals surface area contributed by atoms with Crippen molar-refractivity contribution in [1.82, 2.24) is 10.3 Å². The molecule has 4 nitrogen and oxygen atoms in total.